The molecule has 0 radical (unpaired) electrons. The standard InChI is InChI=1S/C12H10O4/c1-2-15-9-5-3-8(4-6-9)11-7-10(13)12(14)16-11/h3-7H,2H2,1H3. The van der Waals surface area contributed by atoms with E-state index in [0.717, 1.165) is 5.75 Å². The normalized spacial score (nSPS) is 14.7. The van der Waals surface area contributed by atoms with Crippen molar-refractivity contribution in [1.82, 2.24) is 0 Å². The van der Waals surface area contributed by atoms with Gasteiger partial charge in [0.05, 0.1) is 6.61 Å². The summed E-state index contributed by atoms with van der Waals surface area (Å²) in [7, 11) is 0. The van der Waals surface area contributed by atoms with Crippen molar-refractivity contribution in [2.24, 2.45) is 0 Å². The number of hydrogen-bond donors (Lipinski definition) is 0. The second kappa shape index (κ2) is 4.18. The van der Waals surface area contributed by atoms with E-state index in [0.29, 0.717) is 12.2 Å². The van der Waals surface area contributed by atoms with Gasteiger partial charge in [0.1, 0.15) is 11.5 Å². The first-order valence-corrected chi connectivity index (χ1v) is 4.92. The van der Waals surface area contributed by atoms with Crippen LogP contribution in [0.4, 0.5) is 0 Å². The minimum Gasteiger partial charge on any atom is -0.494 e. The number of ketones is 1. The van der Waals surface area contributed by atoms with Crippen LogP contribution in [0.3, 0.4) is 0 Å². The zero-order valence-corrected chi connectivity index (χ0v) is 8.73. The molecule has 1 heterocycles. The average Bonchev–Trinajstić information content (AvgIpc) is 2.61. The number of benzene rings is 1. The van der Waals surface area contributed by atoms with E-state index in [4.69, 9.17) is 9.47 Å². The van der Waals surface area contributed by atoms with Crippen LogP contribution in [0.1, 0.15) is 12.5 Å². The molecule has 0 amide bonds. The molecule has 0 saturated carbocycles. The summed E-state index contributed by atoms with van der Waals surface area (Å²) < 4.78 is 10.1. The van der Waals surface area contributed by atoms with Crippen LogP contribution >= 0.6 is 0 Å². The molecule has 0 fully saturated rings. The molecular weight excluding hydrogens is 208 g/mol. The van der Waals surface area contributed by atoms with Gasteiger partial charge in [-0.25, -0.2) is 4.79 Å². The molecule has 1 aliphatic rings. The second-order valence-electron chi connectivity index (χ2n) is 3.22. The number of hydrogen-bond acceptors (Lipinski definition) is 4. The fourth-order valence-corrected chi connectivity index (χ4v) is 1.38. The van der Waals surface area contributed by atoms with Gasteiger partial charge in [-0.3, -0.25) is 4.79 Å². The van der Waals surface area contributed by atoms with E-state index in [1.54, 1.807) is 24.3 Å². The molecule has 0 saturated heterocycles. The summed E-state index contributed by atoms with van der Waals surface area (Å²) in [5.41, 5.74) is 0.683. The molecule has 1 aliphatic heterocycles. The lowest BCUT2D eigenvalue weighted by Gasteiger charge is -2.04. The van der Waals surface area contributed by atoms with Gasteiger partial charge in [0, 0.05) is 11.6 Å². The topological polar surface area (TPSA) is 52.6 Å². The van der Waals surface area contributed by atoms with Crippen molar-refractivity contribution in [1.29, 1.82) is 0 Å². The van der Waals surface area contributed by atoms with Crippen molar-refractivity contribution in [3.8, 4) is 5.75 Å². The number of esters is 1. The molecule has 0 bridgehead atoms. The Balaban J connectivity index is 2.20. The molecule has 0 aromatic heterocycles. The van der Waals surface area contributed by atoms with Crippen molar-refractivity contribution in [3.63, 3.8) is 0 Å². The van der Waals surface area contributed by atoms with E-state index in [2.05, 4.69) is 0 Å². The minimum absolute atomic E-state index is 0.290. The molecule has 0 unspecified atom stereocenters. The predicted molar refractivity (Wildman–Crippen MR) is 56.7 cm³/mol. The summed E-state index contributed by atoms with van der Waals surface area (Å²) in [6.07, 6.45) is 1.19. The fraction of sp³-hybridized carbons (Fsp3) is 0.167. The molecule has 1 aromatic rings. The van der Waals surface area contributed by atoms with E-state index in [9.17, 15) is 9.59 Å². The van der Waals surface area contributed by atoms with Gasteiger partial charge >= 0.3 is 5.97 Å². The smallest absolute Gasteiger partial charge is 0.384 e. The van der Waals surface area contributed by atoms with Gasteiger partial charge in [0.25, 0.3) is 5.78 Å². The maximum Gasteiger partial charge on any atom is 0.384 e. The number of rotatable bonds is 3. The van der Waals surface area contributed by atoms with Crippen molar-refractivity contribution in [3.05, 3.63) is 35.9 Å². The first-order chi connectivity index (χ1) is 7.70. The lowest BCUT2D eigenvalue weighted by atomic mass is 10.2. The van der Waals surface area contributed by atoms with Crippen molar-refractivity contribution >= 4 is 17.5 Å². The van der Waals surface area contributed by atoms with Crippen LogP contribution in [0.15, 0.2) is 30.3 Å². The predicted octanol–water partition coefficient (Wildman–Crippen LogP) is 1.55. The van der Waals surface area contributed by atoms with Crippen LogP contribution < -0.4 is 4.74 Å². The van der Waals surface area contributed by atoms with Gasteiger partial charge in [0.2, 0.25) is 0 Å². The summed E-state index contributed by atoms with van der Waals surface area (Å²) in [6.45, 7) is 2.49. The lowest BCUT2D eigenvalue weighted by molar-refractivity contribution is -0.144. The minimum atomic E-state index is -0.830. The Morgan fingerprint density at radius 1 is 1.19 bits per heavy atom. The highest BCUT2D eigenvalue weighted by molar-refractivity contribution is 6.42. The van der Waals surface area contributed by atoms with E-state index in [-0.39, 0.29) is 5.76 Å². The molecule has 4 nitrogen and oxygen atoms in total. The highest BCUT2D eigenvalue weighted by atomic mass is 16.5. The van der Waals surface area contributed by atoms with Gasteiger partial charge in [0.15, 0.2) is 0 Å². The monoisotopic (exact) mass is 218 g/mol. The molecule has 0 N–H and O–H groups in total. The first-order valence-electron chi connectivity index (χ1n) is 4.92. The van der Waals surface area contributed by atoms with E-state index < -0.39 is 11.8 Å². The summed E-state index contributed by atoms with van der Waals surface area (Å²) in [6, 6.07) is 7.00. The Kier molecular flexibility index (Phi) is 2.72. The molecular formula is C12H10O4. The molecule has 0 aliphatic carbocycles. The lowest BCUT2D eigenvalue weighted by Crippen LogP contribution is -2.05. The number of carbonyl (C=O) groups excluding carboxylic acids is 2. The Morgan fingerprint density at radius 3 is 2.38 bits per heavy atom. The summed E-state index contributed by atoms with van der Waals surface area (Å²) in [5, 5.41) is 0. The third-order valence-corrected chi connectivity index (χ3v) is 2.12. The Labute approximate surface area is 92.5 Å². The van der Waals surface area contributed by atoms with E-state index in [1.807, 2.05) is 6.92 Å². The number of ether oxygens (including phenoxy) is 2. The van der Waals surface area contributed by atoms with E-state index in [1.165, 1.54) is 6.08 Å². The summed E-state index contributed by atoms with van der Waals surface area (Å²) in [5.74, 6) is -0.423. The van der Waals surface area contributed by atoms with Crippen LogP contribution in [0, 0.1) is 0 Å². The molecule has 2 rings (SSSR count). The van der Waals surface area contributed by atoms with Crippen LogP contribution in [-0.2, 0) is 14.3 Å². The zero-order valence-electron chi connectivity index (χ0n) is 8.73. The van der Waals surface area contributed by atoms with Crippen LogP contribution in [0.25, 0.3) is 5.76 Å². The fourth-order valence-electron chi connectivity index (χ4n) is 1.38. The van der Waals surface area contributed by atoms with Crippen LogP contribution in [0.5, 0.6) is 5.75 Å². The summed E-state index contributed by atoms with van der Waals surface area (Å²) in [4.78, 5) is 21.8. The molecule has 82 valence electrons. The maximum absolute atomic E-state index is 11.0. The Morgan fingerprint density at radius 2 is 1.88 bits per heavy atom. The summed E-state index contributed by atoms with van der Waals surface area (Å²) >= 11 is 0. The zero-order chi connectivity index (χ0) is 11.5. The third-order valence-electron chi connectivity index (χ3n) is 2.12. The van der Waals surface area contributed by atoms with Gasteiger partial charge in [-0.1, -0.05) is 0 Å². The third kappa shape index (κ3) is 1.95. The number of carbonyl (C=O) groups is 2. The number of cyclic esters (lactones) is 1. The maximum atomic E-state index is 11.0. The largest absolute Gasteiger partial charge is 0.494 e. The van der Waals surface area contributed by atoms with Crippen molar-refractivity contribution in [2.75, 3.05) is 6.61 Å². The highest BCUT2D eigenvalue weighted by Gasteiger charge is 2.24. The van der Waals surface area contributed by atoms with Gasteiger partial charge in [-0.05, 0) is 31.2 Å². The SMILES string of the molecule is CCOc1ccc(C2=CC(=O)C(=O)O2)cc1. The highest BCUT2D eigenvalue weighted by Crippen LogP contribution is 2.23. The van der Waals surface area contributed by atoms with Gasteiger partial charge in [-0.15, -0.1) is 0 Å². The van der Waals surface area contributed by atoms with Gasteiger partial charge in [-0.2, -0.15) is 0 Å². The Bertz CT molecular complexity index is 456. The van der Waals surface area contributed by atoms with Gasteiger partial charge < -0.3 is 9.47 Å². The Hall–Kier alpha value is -2.10. The molecule has 0 spiro atoms. The van der Waals surface area contributed by atoms with E-state index >= 15 is 0 Å². The molecule has 0 atom stereocenters. The second-order valence-corrected chi connectivity index (χ2v) is 3.22. The van der Waals surface area contributed by atoms with Crippen LogP contribution in [0.2, 0.25) is 0 Å². The average molecular weight is 218 g/mol. The molecule has 1 aromatic carbocycles. The van der Waals surface area contributed by atoms with Crippen molar-refractivity contribution in [2.45, 2.75) is 6.92 Å². The first kappa shape index (κ1) is 10.4. The molecule has 4 heteroatoms. The molecule has 16 heavy (non-hydrogen) atoms. The van der Waals surface area contributed by atoms with Crippen molar-refractivity contribution < 1.29 is 19.1 Å². The quantitative estimate of drug-likeness (QED) is 0.570. The van der Waals surface area contributed by atoms with Crippen LogP contribution in [-0.4, -0.2) is 18.4 Å².